The van der Waals surface area contributed by atoms with Crippen LogP contribution in [0.5, 0.6) is 0 Å². The molecule has 1 fully saturated rings. The molecule has 0 bridgehead atoms. The maximum absolute atomic E-state index is 13.0. The van der Waals surface area contributed by atoms with Crippen LogP contribution in [0.1, 0.15) is 31.1 Å². The molecule has 1 aliphatic rings. The summed E-state index contributed by atoms with van der Waals surface area (Å²) in [6.45, 7) is 6.89. The van der Waals surface area contributed by atoms with Gasteiger partial charge < -0.3 is 18.6 Å². The van der Waals surface area contributed by atoms with Crippen LogP contribution < -0.4 is 10.4 Å². The lowest BCUT2D eigenvalue weighted by molar-refractivity contribution is -0.167. The monoisotopic (exact) mass is 545 g/mol. The average Bonchev–Trinajstić information content (AvgIpc) is 2.95. The molecule has 204 valence electrons. The molecule has 0 saturated carbocycles. The molecule has 1 heterocycles. The van der Waals surface area contributed by atoms with Crippen molar-refractivity contribution in [2.75, 3.05) is 20.3 Å². The zero-order valence-electron chi connectivity index (χ0n) is 22.8. The highest BCUT2D eigenvalue weighted by atomic mass is 28.4. The minimum Gasteiger partial charge on any atom is -0.455 e. The van der Waals surface area contributed by atoms with Crippen molar-refractivity contribution in [2.24, 2.45) is 5.11 Å². The van der Waals surface area contributed by atoms with E-state index in [2.05, 4.69) is 55.1 Å². The van der Waals surface area contributed by atoms with Crippen molar-refractivity contribution in [1.29, 1.82) is 0 Å². The number of carbonyl (C=O) groups excluding carboxylic acids is 1. The van der Waals surface area contributed by atoms with Crippen molar-refractivity contribution in [1.82, 2.24) is 0 Å². The lowest BCUT2D eigenvalue weighted by Gasteiger charge is -2.45. The SMILES string of the molecule is CO[C@@H]1C(CO[Si](c2ccccc2)(c2ccccc2)C(C)(C)C)OCC(N=[N+]=[N-])[C@H]1OC(=O)c1ccccc1. The van der Waals surface area contributed by atoms with Gasteiger partial charge in [-0.05, 0) is 33.1 Å². The summed E-state index contributed by atoms with van der Waals surface area (Å²) in [7, 11) is -1.31. The number of benzene rings is 3. The van der Waals surface area contributed by atoms with E-state index in [4.69, 9.17) is 24.2 Å². The topological polar surface area (TPSA) is 103 Å². The van der Waals surface area contributed by atoms with Gasteiger partial charge in [-0.1, -0.05) is 105 Å². The average molecular weight is 546 g/mol. The number of rotatable bonds is 9. The third-order valence-corrected chi connectivity index (χ3v) is 12.2. The summed E-state index contributed by atoms with van der Waals surface area (Å²) in [6, 6.07) is 28.6. The Morgan fingerprint density at radius 2 is 1.49 bits per heavy atom. The molecule has 0 spiro atoms. The largest absolute Gasteiger partial charge is 0.455 e. The lowest BCUT2D eigenvalue weighted by atomic mass is 9.98. The minimum atomic E-state index is -2.84. The summed E-state index contributed by atoms with van der Waals surface area (Å²) in [5, 5.41) is 5.92. The van der Waals surface area contributed by atoms with Gasteiger partial charge in [0.05, 0.1) is 18.8 Å². The number of esters is 1. The molecule has 0 amide bonds. The van der Waals surface area contributed by atoms with Crippen LogP contribution in [0.2, 0.25) is 5.04 Å². The second-order valence-electron chi connectivity index (χ2n) is 10.6. The molecule has 3 aromatic rings. The fourth-order valence-corrected chi connectivity index (χ4v) is 9.89. The molecule has 2 unspecified atom stereocenters. The van der Waals surface area contributed by atoms with E-state index in [0.717, 1.165) is 10.4 Å². The van der Waals surface area contributed by atoms with E-state index >= 15 is 0 Å². The van der Waals surface area contributed by atoms with Gasteiger partial charge >= 0.3 is 5.97 Å². The number of carbonyl (C=O) groups is 1. The highest BCUT2D eigenvalue weighted by Gasteiger charge is 2.52. The van der Waals surface area contributed by atoms with Crippen LogP contribution in [0.4, 0.5) is 0 Å². The van der Waals surface area contributed by atoms with Crippen molar-refractivity contribution >= 4 is 24.7 Å². The summed E-state index contributed by atoms with van der Waals surface area (Å²) in [5.41, 5.74) is 9.57. The van der Waals surface area contributed by atoms with Gasteiger partial charge in [-0.3, -0.25) is 0 Å². The Labute approximate surface area is 230 Å². The molecule has 8 nitrogen and oxygen atoms in total. The minimum absolute atomic E-state index is 0.0748. The summed E-state index contributed by atoms with van der Waals surface area (Å²) >= 11 is 0. The summed E-state index contributed by atoms with van der Waals surface area (Å²) in [5.74, 6) is -0.519. The second kappa shape index (κ2) is 12.6. The van der Waals surface area contributed by atoms with E-state index in [9.17, 15) is 4.79 Å². The first kappa shape index (κ1) is 28.5. The van der Waals surface area contributed by atoms with Gasteiger partial charge in [0, 0.05) is 12.0 Å². The molecule has 4 atom stereocenters. The van der Waals surface area contributed by atoms with E-state index in [-0.39, 0.29) is 18.3 Å². The van der Waals surface area contributed by atoms with E-state index in [1.165, 1.54) is 7.11 Å². The Balaban J connectivity index is 1.66. The summed E-state index contributed by atoms with van der Waals surface area (Å²) in [6.07, 6.45) is -2.12. The number of methoxy groups -OCH3 is 1. The van der Waals surface area contributed by atoms with Crippen molar-refractivity contribution in [2.45, 2.75) is 50.2 Å². The smallest absolute Gasteiger partial charge is 0.338 e. The molecule has 9 heteroatoms. The van der Waals surface area contributed by atoms with Crippen molar-refractivity contribution in [3.05, 3.63) is 107 Å². The van der Waals surface area contributed by atoms with Crippen LogP contribution in [0.25, 0.3) is 10.4 Å². The van der Waals surface area contributed by atoms with Crippen LogP contribution >= 0.6 is 0 Å². The van der Waals surface area contributed by atoms with Gasteiger partial charge in [0.25, 0.3) is 8.32 Å². The Hall–Kier alpha value is -3.46. The van der Waals surface area contributed by atoms with Crippen molar-refractivity contribution < 1.29 is 23.4 Å². The Morgan fingerprint density at radius 3 is 1.97 bits per heavy atom. The second-order valence-corrected chi connectivity index (χ2v) is 14.9. The van der Waals surface area contributed by atoms with E-state index < -0.39 is 38.6 Å². The van der Waals surface area contributed by atoms with Crippen molar-refractivity contribution in [3.63, 3.8) is 0 Å². The maximum Gasteiger partial charge on any atom is 0.338 e. The Kier molecular flexibility index (Phi) is 9.22. The first-order valence-electron chi connectivity index (χ1n) is 13.0. The van der Waals surface area contributed by atoms with Gasteiger partial charge in [-0.15, -0.1) is 0 Å². The molecule has 3 aromatic carbocycles. The quantitative estimate of drug-likeness (QED) is 0.125. The Bertz CT molecular complexity index is 1220. The number of hydrogen-bond donors (Lipinski definition) is 0. The Morgan fingerprint density at radius 1 is 0.949 bits per heavy atom. The van der Waals surface area contributed by atoms with Crippen LogP contribution in [-0.4, -0.2) is 59.0 Å². The first-order valence-corrected chi connectivity index (χ1v) is 14.9. The molecule has 1 saturated heterocycles. The third-order valence-electron chi connectivity index (χ3n) is 7.16. The first-order chi connectivity index (χ1) is 18.8. The maximum atomic E-state index is 13.0. The predicted molar refractivity (Wildman–Crippen MR) is 153 cm³/mol. The standard InChI is InChI=1S/C30H35N3O5Si/c1-30(2,3)39(23-16-10-6-11-17-23,24-18-12-7-13-19-24)37-21-26-28(35-4)27(25(20-36-26)32-33-31)38-29(34)22-14-8-5-9-15-22/h5-19,25-28H,20-21H2,1-4H3/t25?,26?,27-,28-/m1/s1. The van der Waals surface area contributed by atoms with Gasteiger partial charge in [0.1, 0.15) is 24.4 Å². The molecular formula is C30H35N3O5Si. The van der Waals surface area contributed by atoms with Gasteiger partial charge in [0.2, 0.25) is 0 Å². The van der Waals surface area contributed by atoms with Gasteiger partial charge in [0.15, 0.2) is 0 Å². The van der Waals surface area contributed by atoms with E-state index in [0.29, 0.717) is 5.56 Å². The van der Waals surface area contributed by atoms with Crippen LogP contribution in [0.3, 0.4) is 0 Å². The number of ether oxygens (including phenoxy) is 3. The number of azide groups is 1. The van der Waals surface area contributed by atoms with E-state index in [1.807, 2.05) is 42.5 Å². The van der Waals surface area contributed by atoms with Crippen LogP contribution in [0, 0.1) is 0 Å². The predicted octanol–water partition coefficient (Wildman–Crippen LogP) is 4.88. The molecule has 39 heavy (non-hydrogen) atoms. The summed E-state index contributed by atoms with van der Waals surface area (Å²) < 4.78 is 25.0. The van der Waals surface area contributed by atoms with Crippen LogP contribution in [-0.2, 0) is 18.6 Å². The fourth-order valence-electron chi connectivity index (χ4n) is 5.32. The molecular weight excluding hydrogens is 510 g/mol. The molecule has 0 aliphatic carbocycles. The highest BCUT2D eigenvalue weighted by molar-refractivity contribution is 6.99. The molecule has 0 radical (unpaired) electrons. The molecule has 1 aliphatic heterocycles. The van der Waals surface area contributed by atoms with Crippen LogP contribution in [0.15, 0.2) is 96.1 Å². The highest BCUT2D eigenvalue weighted by Crippen LogP contribution is 2.37. The lowest BCUT2D eigenvalue weighted by Crippen LogP contribution is -2.68. The number of nitrogens with zero attached hydrogens (tertiary/aromatic N) is 3. The van der Waals surface area contributed by atoms with E-state index in [1.54, 1.807) is 24.3 Å². The number of hydrogen-bond acceptors (Lipinski definition) is 6. The zero-order valence-corrected chi connectivity index (χ0v) is 23.8. The third kappa shape index (κ3) is 6.08. The van der Waals surface area contributed by atoms with Gasteiger partial charge in [-0.2, -0.15) is 0 Å². The van der Waals surface area contributed by atoms with Crippen molar-refractivity contribution in [3.8, 4) is 0 Å². The summed E-state index contributed by atoms with van der Waals surface area (Å²) in [4.78, 5) is 15.9. The fraction of sp³-hybridized carbons (Fsp3) is 0.367. The normalized spacial score (nSPS) is 21.5. The van der Waals surface area contributed by atoms with Gasteiger partial charge in [-0.25, -0.2) is 4.79 Å². The molecule has 0 aromatic heterocycles. The molecule has 4 rings (SSSR count). The zero-order chi connectivity index (χ0) is 27.9. The molecule has 0 N–H and O–H groups in total.